The Hall–Kier alpha value is -2.57. The fraction of sp³-hybridized carbons (Fsp3) is 0.263. The van der Waals surface area contributed by atoms with Crippen molar-refractivity contribution in [3.8, 4) is 0 Å². The zero-order valence-electron chi connectivity index (χ0n) is 13.9. The number of hydrogen-bond donors (Lipinski definition) is 3. The molecule has 2 aromatic rings. The van der Waals surface area contributed by atoms with Gasteiger partial charge in [0.2, 0.25) is 0 Å². The van der Waals surface area contributed by atoms with Gasteiger partial charge in [-0.3, -0.25) is 20.4 Å². The van der Waals surface area contributed by atoms with Gasteiger partial charge in [-0.1, -0.05) is 24.3 Å². The minimum absolute atomic E-state index is 0.189. The summed E-state index contributed by atoms with van der Waals surface area (Å²) in [4.78, 5) is 23.9. The van der Waals surface area contributed by atoms with Gasteiger partial charge in [0.05, 0.1) is 6.04 Å². The lowest BCUT2D eigenvalue weighted by atomic mass is 9.93. The Kier molecular flexibility index (Phi) is 5.21. The lowest BCUT2D eigenvalue weighted by molar-refractivity contribution is 0.0939. The highest BCUT2D eigenvalue weighted by atomic mass is 19.1. The molecule has 0 radical (unpaired) electrons. The molecule has 1 aliphatic rings. The molecule has 130 valence electrons. The molecule has 6 heteroatoms. The predicted molar refractivity (Wildman–Crippen MR) is 92.9 cm³/mol. The van der Waals surface area contributed by atoms with Crippen molar-refractivity contribution in [1.29, 1.82) is 0 Å². The van der Waals surface area contributed by atoms with Gasteiger partial charge in [-0.2, -0.15) is 0 Å². The van der Waals surface area contributed by atoms with E-state index in [1.54, 1.807) is 37.3 Å². The lowest BCUT2D eigenvalue weighted by Crippen LogP contribution is -2.27. The van der Waals surface area contributed by atoms with Crippen molar-refractivity contribution in [1.82, 2.24) is 16.2 Å². The Morgan fingerprint density at radius 1 is 1.24 bits per heavy atom. The number of rotatable bonds is 5. The molecule has 0 saturated carbocycles. The monoisotopic (exact) mass is 341 g/mol. The third kappa shape index (κ3) is 3.75. The Balaban J connectivity index is 1.78. The summed E-state index contributed by atoms with van der Waals surface area (Å²) in [6.45, 7) is 3.19. The summed E-state index contributed by atoms with van der Waals surface area (Å²) in [6.07, 6.45) is 0.769. The number of aldehydes is 1. The van der Waals surface area contributed by atoms with Crippen molar-refractivity contribution < 1.29 is 14.0 Å². The number of benzene rings is 2. The van der Waals surface area contributed by atoms with Crippen LogP contribution in [0.4, 0.5) is 4.39 Å². The summed E-state index contributed by atoms with van der Waals surface area (Å²) in [5, 5.41) is 2.77. The molecule has 0 aromatic heterocycles. The average molecular weight is 341 g/mol. The van der Waals surface area contributed by atoms with Gasteiger partial charge in [-0.15, -0.1) is 0 Å². The lowest BCUT2D eigenvalue weighted by Gasteiger charge is -2.16. The van der Waals surface area contributed by atoms with E-state index in [1.807, 2.05) is 6.07 Å². The Morgan fingerprint density at radius 2 is 1.96 bits per heavy atom. The van der Waals surface area contributed by atoms with E-state index >= 15 is 0 Å². The minimum atomic E-state index is -0.476. The quantitative estimate of drug-likeness (QED) is 0.730. The van der Waals surface area contributed by atoms with Gasteiger partial charge in [0, 0.05) is 35.7 Å². The van der Waals surface area contributed by atoms with Gasteiger partial charge in [0.1, 0.15) is 12.1 Å². The molecule has 1 fully saturated rings. The van der Waals surface area contributed by atoms with Gasteiger partial charge in [0.15, 0.2) is 0 Å². The molecule has 1 heterocycles. The van der Waals surface area contributed by atoms with E-state index in [0.717, 1.165) is 24.9 Å². The highest BCUT2D eigenvalue weighted by Gasteiger charge is 2.21. The van der Waals surface area contributed by atoms with E-state index in [9.17, 15) is 14.0 Å². The van der Waals surface area contributed by atoms with Crippen LogP contribution >= 0.6 is 0 Å². The number of carbonyl (C=O) groups is 2. The van der Waals surface area contributed by atoms with Crippen molar-refractivity contribution >= 4 is 12.2 Å². The molecule has 5 nitrogen and oxygen atoms in total. The molecule has 0 spiro atoms. The van der Waals surface area contributed by atoms with Crippen LogP contribution in [0.2, 0.25) is 0 Å². The van der Waals surface area contributed by atoms with Gasteiger partial charge in [0.25, 0.3) is 5.91 Å². The van der Waals surface area contributed by atoms with E-state index in [2.05, 4.69) is 16.2 Å². The number of hydrogen-bond acceptors (Lipinski definition) is 4. The zero-order valence-corrected chi connectivity index (χ0v) is 13.9. The van der Waals surface area contributed by atoms with Crippen LogP contribution in [-0.2, 0) is 0 Å². The molecule has 1 atom stereocenters. The number of nitrogens with one attached hydrogen (secondary N) is 3. The SMILES string of the molecule is CC(NC(=O)c1ccc(C2CNNC2)c(C=O)c1)c1ccccc1F. The molecule has 0 bridgehead atoms. The normalized spacial score (nSPS) is 15.8. The van der Waals surface area contributed by atoms with E-state index in [0.29, 0.717) is 16.7 Å². The molecule has 1 unspecified atom stereocenters. The minimum Gasteiger partial charge on any atom is -0.345 e. The molecule has 25 heavy (non-hydrogen) atoms. The van der Waals surface area contributed by atoms with Gasteiger partial charge in [-0.05, 0) is 30.7 Å². The van der Waals surface area contributed by atoms with Crippen LogP contribution in [0.15, 0.2) is 42.5 Å². The molecule has 3 rings (SSSR count). The van der Waals surface area contributed by atoms with Crippen LogP contribution < -0.4 is 16.2 Å². The molecule has 1 aliphatic heterocycles. The molecule has 1 amide bonds. The summed E-state index contributed by atoms with van der Waals surface area (Å²) in [5.41, 5.74) is 8.27. The van der Waals surface area contributed by atoms with Gasteiger partial charge >= 0.3 is 0 Å². The van der Waals surface area contributed by atoms with Crippen molar-refractivity contribution in [3.05, 3.63) is 70.5 Å². The molecule has 3 N–H and O–H groups in total. The maximum Gasteiger partial charge on any atom is 0.251 e. The molecule has 2 aromatic carbocycles. The Morgan fingerprint density at radius 3 is 2.64 bits per heavy atom. The van der Waals surface area contributed by atoms with E-state index in [1.165, 1.54) is 6.07 Å². The second-order valence-corrected chi connectivity index (χ2v) is 6.14. The first-order valence-electron chi connectivity index (χ1n) is 8.20. The summed E-state index contributed by atoms with van der Waals surface area (Å²) in [6, 6.07) is 11.0. The van der Waals surface area contributed by atoms with E-state index in [4.69, 9.17) is 0 Å². The van der Waals surface area contributed by atoms with Crippen molar-refractivity contribution in [2.45, 2.75) is 18.9 Å². The van der Waals surface area contributed by atoms with Gasteiger partial charge < -0.3 is 5.32 Å². The summed E-state index contributed by atoms with van der Waals surface area (Å²) in [7, 11) is 0. The van der Waals surface area contributed by atoms with Crippen LogP contribution in [0.1, 0.15) is 50.7 Å². The second-order valence-electron chi connectivity index (χ2n) is 6.14. The standard InChI is InChI=1S/C19H20FN3O2/c1-12(16-4-2-3-5-18(16)20)23-19(25)13-6-7-17(14(8-13)11-24)15-9-21-22-10-15/h2-8,11-12,15,21-22H,9-10H2,1H3,(H,23,25). The number of halogens is 1. The Bertz CT molecular complexity index is 788. The van der Waals surface area contributed by atoms with Crippen molar-refractivity contribution in [3.63, 3.8) is 0 Å². The second kappa shape index (κ2) is 7.55. The first-order chi connectivity index (χ1) is 12.1. The highest BCUT2D eigenvalue weighted by Crippen LogP contribution is 2.22. The van der Waals surface area contributed by atoms with Crippen LogP contribution in [0.3, 0.4) is 0 Å². The summed E-state index contributed by atoms with van der Waals surface area (Å²) < 4.78 is 13.8. The van der Waals surface area contributed by atoms with Gasteiger partial charge in [-0.25, -0.2) is 4.39 Å². The van der Waals surface area contributed by atoms with Crippen molar-refractivity contribution in [2.75, 3.05) is 13.1 Å². The third-order valence-electron chi connectivity index (χ3n) is 4.46. The fourth-order valence-electron chi connectivity index (χ4n) is 3.06. The average Bonchev–Trinajstić information content (AvgIpc) is 3.15. The number of amides is 1. The first kappa shape index (κ1) is 17.3. The zero-order chi connectivity index (χ0) is 17.8. The molecular weight excluding hydrogens is 321 g/mol. The van der Waals surface area contributed by atoms with Crippen LogP contribution in [0, 0.1) is 5.82 Å². The smallest absolute Gasteiger partial charge is 0.251 e. The van der Waals surface area contributed by atoms with Crippen LogP contribution in [0.25, 0.3) is 0 Å². The van der Waals surface area contributed by atoms with Crippen LogP contribution in [-0.4, -0.2) is 25.3 Å². The highest BCUT2D eigenvalue weighted by molar-refractivity contribution is 5.96. The third-order valence-corrected chi connectivity index (χ3v) is 4.46. The molecular formula is C19H20FN3O2. The largest absolute Gasteiger partial charge is 0.345 e. The predicted octanol–water partition coefficient (Wildman–Crippen LogP) is 2.32. The number of carbonyl (C=O) groups excluding carboxylic acids is 2. The summed E-state index contributed by atoms with van der Waals surface area (Å²) in [5.74, 6) is -0.511. The van der Waals surface area contributed by atoms with E-state index < -0.39 is 6.04 Å². The van der Waals surface area contributed by atoms with Crippen molar-refractivity contribution in [2.24, 2.45) is 0 Å². The van der Waals surface area contributed by atoms with Crippen LogP contribution in [0.5, 0.6) is 0 Å². The molecule has 1 saturated heterocycles. The number of hydrazine groups is 1. The maximum atomic E-state index is 13.8. The molecule has 0 aliphatic carbocycles. The topological polar surface area (TPSA) is 70.2 Å². The summed E-state index contributed by atoms with van der Waals surface area (Å²) >= 11 is 0. The van der Waals surface area contributed by atoms with E-state index in [-0.39, 0.29) is 17.6 Å². The Labute approximate surface area is 145 Å². The maximum absolute atomic E-state index is 13.8. The first-order valence-corrected chi connectivity index (χ1v) is 8.20. The fourth-order valence-corrected chi connectivity index (χ4v) is 3.06.